The monoisotopic (exact) mass is 276 g/mol. The van der Waals surface area contributed by atoms with Crippen LogP contribution in [0.1, 0.15) is 51.9 Å². The van der Waals surface area contributed by atoms with E-state index in [1.54, 1.807) is 0 Å². The Labute approximate surface area is 118 Å². The number of Topliss-reactive ketones (excluding diaryl/α,β-unsaturated/α-hetero) is 1. The lowest BCUT2D eigenvalue weighted by Gasteiger charge is -2.31. The molecule has 108 valence electrons. The Hall–Kier alpha value is -1.62. The second-order valence-electron chi connectivity index (χ2n) is 5.69. The summed E-state index contributed by atoms with van der Waals surface area (Å²) in [5.74, 6) is 0.147. The molecule has 3 rings (SSSR count). The molecule has 5 heteroatoms. The molecule has 0 aromatic carbocycles. The zero-order valence-electron chi connectivity index (χ0n) is 12.0. The third-order valence-corrected chi connectivity index (χ3v) is 4.18. The van der Waals surface area contributed by atoms with E-state index in [-0.39, 0.29) is 17.8 Å². The van der Waals surface area contributed by atoms with Crippen molar-refractivity contribution in [1.29, 1.82) is 0 Å². The summed E-state index contributed by atoms with van der Waals surface area (Å²) < 4.78 is 5.46. The number of amides is 1. The number of hydrogen-bond acceptors (Lipinski definition) is 3. The fraction of sp³-hybridized carbons (Fsp3) is 0.600. The van der Waals surface area contributed by atoms with Crippen molar-refractivity contribution in [2.24, 2.45) is 0 Å². The summed E-state index contributed by atoms with van der Waals surface area (Å²) in [6.45, 7) is 5.63. The number of rotatable bonds is 1. The van der Waals surface area contributed by atoms with Crippen molar-refractivity contribution in [1.82, 2.24) is 9.88 Å². The van der Waals surface area contributed by atoms with Gasteiger partial charge in [-0.3, -0.25) is 9.59 Å². The van der Waals surface area contributed by atoms with Crippen molar-refractivity contribution < 1.29 is 14.3 Å². The molecular weight excluding hydrogens is 256 g/mol. The molecule has 2 heterocycles. The van der Waals surface area contributed by atoms with Gasteiger partial charge in [0.15, 0.2) is 5.78 Å². The number of ketones is 1. The summed E-state index contributed by atoms with van der Waals surface area (Å²) in [5.41, 5.74) is 3.08. The number of aromatic amines is 1. The van der Waals surface area contributed by atoms with E-state index in [9.17, 15) is 9.59 Å². The normalized spacial score (nSPS) is 22.8. The third kappa shape index (κ3) is 2.16. The molecule has 1 unspecified atom stereocenters. The van der Waals surface area contributed by atoms with Crippen LogP contribution < -0.4 is 0 Å². The molecule has 1 aromatic heterocycles. The first kappa shape index (κ1) is 13.4. The van der Waals surface area contributed by atoms with Gasteiger partial charge in [-0.15, -0.1) is 0 Å². The van der Waals surface area contributed by atoms with E-state index in [1.165, 1.54) is 0 Å². The lowest BCUT2D eigenvalue weighted by molar-refractivity contribution is -0.0126. The molecule has 1 atom stereocenters. The topological polar surface area (TPSA) is 62.4 Å². The van der Waals surface area contributed by atoms with Crippen molar-refractivity contribution in [3.05, 3.63) is 22.5 Å². The Morgan fingerprint density at radius 3 is 2.90 bits per heavy atom. The van der Waals surface area contributed by atoms with Gasteiger partial charge in [0, 0.05) is 30.8 Å². The van der Waals surface area contributed by atoms with Crippen molar-refractivity contribution in [3.63, 3.8) is 0 Å². The summed E-state index contributed by atoms with van der Waals surface area (Å²) in [5, 5.41) is 0. The summed E-state index contributed by atoms with van der Waals surface area (Å²) in [4.78, 5) is 29.6. The maximum Gasteiger partial charge on any atom is 0.270 e. The molecule has 5 nitrogen and oxygen atoms in total. The van der Waals surface area contributed by atoms with Gasteiger partial charge in [0.05, 0.1) is 12.7 Å². The second kappa shape index (κ2) is 5.05. The summed E-state index contributed by atoms with van der Waals surface area (Å²) >= 11 is 0. The number of fused-ring (bicyclic) bond motifs is 1. The molecule has 1 fully saturated rings. The Bertz CT molecular complexity index is 562. The van der Waals surface area contributed by atoms with Gasteiger partial charge in [0.1, 0.15) is 5.69 Å². The van der Waals surface area contributed by atoms with Gasteiger partial charge in [0.25, 0.3) is 5.91 Å². The van der Waals surface area contributed by atoms with Crippen molar-refractivity contribution >= 4 is 11.7 Å². The molecule has 1 aromatic rings. The molecule has 1 amide bonds. The molecule has 20 heavy (non-hydrogen) atoms. The lowest BCUT2D eigenvalue weighted by Crippen LogP contribution is -2.44. The van der Waals surface area contributed by atoms with Crippen molar-refractivity contribution in [2.45, 2.75) is 39.2 Å². The predicted octanol–water partition coefficient (Wildman–Crippen LogP) is 1.70. The molecule has 1 aliphatic carbocycles. The Morgan fingerprint density at radius 2 is 2.20 bits per heavy atom. The van der Waals surface area contributed by atoms with E-state index in [4.69, 9.17) is 4.74 Å². The summed E-state index contributed by atoms with van der Waals surface area (Å²) in [6.07, 6.45) is 2.38. The largest absolute Gasteiger partial charge is 0.375 e. The highest BCUT2D eigenvalue weighted by Crippen LogP contribution is 2.27. The fourth-order valence-electron chi connectivity index (χ4n) is 3.15. The minimum Gasteiger partial charge on any atom is -0.375 e. The summed E-state index contributed by atoms with van der Waals surface area (Å²) in [6, 6.07) is 0. The molecule has 1 aliphatic heterocycles. The SMILES string of the molecule is Cc1c(C(=O)N2CCOC(C)C2)[nH]c2c1C(=O)CCC2. The van der Waals surface area contributed by atoms with Gasteiger partial charge in [-0.1, -0.05) is 0 Å². The van der Waals surface area contributed by atoms with E-state index < -0.39 is 0 Å². The number of aromatic nitrogens is 1. The van der Waals surface area contributed by atoms with Crippen LogP contribution >= 0.6 is 0 Å². The summed E-state index contributed by atoms with van der Waals surface area (Å²) in [7, 11) is 0. The first-order valence-electron chi connectivity index (χ1n) is 7.23. The first-order chi connectivity index (χ1) is 9.58. The molecule has 1 saturated heterocycles. The fourth-order valence-corrected chi connectivity index (χ4v) is 3.15. The number of carbonyl (C=O) groups excluding carboxylic acids is 2. The van der Waals surface area contributed by atoms with Gasteiger partial charge in [-0.05, 0) is 32.3 Å². The van der Waals surface area contributed by atoms with Crippen LogP contribution in [0.4, 0.5) is 0 Å². The number of morpholine rings is 1. The Balaban J connectivity index is 1.90. The first-order valence-corrected chi connectivity index (χ1v) is 7.23. The maximum atomic E-state index is 12.6. The van der Waals surface area contributed by atoms with E-state index in [0.717, 1.165) is 29.7 Å². The highest BCUT2D eigenvalue weighted by atomic mass is 16.5. The average Bonchev–Trinajstić information content (AvgIpc) is 2.76. The molecule has 0 bridgehead atoms. The Morgan fingerprint density at radius 1 is 1.40 bits per heavy atom. The molecule has 0 radical (unpaired) electrons. The van der Waals surface area contributed by atoms with E-state index in [0.29, 0.717) is 31.8 Å². The molecule has 2 aliphatic rings. The van der Waals surface area contributed by atoms with Gasteiger partial charge in [-0.2, -0.15) is 0 Å². The lowest BCUT2D eigenvalue weighted by atomic mass is 9.93. The minimum atomic E-state index is -0.0140. The minimum absolute atomic E-state index is 0.0140. The quantitative estimate of drug-likeness (QED) is 0.849. The number of H-pyrrole nitrogens is 1. The standard InChI is InChI=1S/C15H20N2O3/c1-9-8-17(6-7-20-9)15(19)14-10(2)13-11(16-14)4-3-5-12(13)18/h9,16H,3-8H2,1-2H3. The van der Waals surface area contributed by atoms with Crippen LogP contribution in [0.2, 0.25) is 0 Å². The zero-order valence-corrected chi connectivity index (χ0v) is 12.0. The van der Waals surface area contributed by atoms with Gasteiger partial charge >= 0.3 is 0 Å². The van der Waals surface area contributed by atoms with Crippen LogP contribution in [-0.2, 0) is 11.2 Å². The molecule has 0 spiro atoms. The number of nitrogens with one attached hydrogen (secondary N) is 1. The van der Waals surface area contributed by atoms with Crippen molar-refractivity contribution in [3.8, 4) is 0 Å². The number of aryl methyl sites for hydroxylation is 1. The predicted molar refractivity (Wildman–Crippen MR) is 74.1 cm³/mol. The van der Waals surface area contributed by atoms with E-state index in [1.807, 2.05) is 18.7 Å². The van der Waals surface area contributed by atoms with E-state index >= 15 is 0 Å². The van der Waals surface area contributed by atoms with Crippen LogP contribution in [0.5, 0.6) is 0 Å². The molecule has 1 N–H and O–H groups in total. The number of nitrogens with zero attached hydrogens (tertiary/aromatic N) is 1. The smallest absolute Gasteiger partial charge is 0.270 e. The van der Waals surface area contributed by atoms with Crippen LogP contribution in [0, 0.1) is 6.92 Å². The maximum absolute atomic E-state index is 12.6. The highest BCUT2D eigenvalue weighted by Gasteiger charge is 2.30. The van der Waals surface area contributed by atoms with Gasteiger partial charge in [0.2, 0.25) is 0 Å². The average molecular weight is 276 g/mol. The van der Waals surface area contributed by atoms with Crippen molar-refractivity contribution in [2.75, 3.05) is 19.7 Å². The zero-order chi connectivity index (χ0) is 14.3. The van der Waals surface area contributed by atoms with E-state index in [2.05, 4.69) is 4.98 Å². The molecule has 0 saturated carbocycles. The Kier molecular flexibility index (Phi) is 3.38. The number of ether oxygens (including phenoxy) is 1. The second-order valence-corrected chi connectivity index (χ2v) is 5.69. The highest BCUT2D eigenvalue weighted by molar-refractivity contribution is 6.04. The van der Waals surface area contributed by atoms with Gasteiger partial charge in [-0.25, -0.2) is 0 Å². The van der Waals surface area contributed by atoms with Gasteiger partial charge < -0.3 is 14.6 Å². The van der Waals surface area contributed by atoms with Crippen LogP contribution in [-0.4, -0.2) is 47.4 Å². The number of carbonyl (C=O) groups is 2. The van der Waals surface area contributed by atoms with Crippen LogP contribution in [0.15, 0.2) is 0 Å². The molecular formula is C15H20N2O3. The number of hydrogen-bond donors (Lipinski definition) is 1. The van der Waals surface area contributed by atoms with Crippen LogP contribution in [0.25, 0.3) is 0 Å². The van der Waals surface area contributed by atoms with Crippen LogP contribution in [0.3, 0.4) is 0 Å². The third-order valence-electron chi connectivity index (χ3n) is 4.18.